The normalized spacial score (nSPS) is 14.4. The lowest BCUT2D eigenvalue weighted by Crippen LogP contribution is -2.38. The molecule has 8 nitrogen and oxygen atoms in total. The molecule has 3 heterocycles. The number of esters is 1. The Bertz CT molecular complexity index is 1450. The highest BCUT2D eigenvalue weighted by Crippen LogP contribution is 2.35. The van der Waals surface area contributed by atoms with Gasteiger partial charge < -0.3 is 15.4 Å². The van der Waals surface area contributed by atoms with Gasteiger partial charge in [-0.25, -0.2) is 18.4 Å². The zero-order valence-corrected chi connectivity index (χ0v) is 20.0. The third-order valence-electron chi connectivity index (χ3n) is 6.38. The van der Waals surface area contributed by atoms with E-state index in [1.54, 1.807) is 6.92 Å². The number of anilines is 2. The summed E-state index contributed by atoms with van der Waals surface area (Å²) >= 11 is 0. The Morgan fingerprint density at radius 3 is 2.64 bits per heavy atom. The van der Waals surface area contributed by atoms with Crippen molar-refractivity contribution < 1.29 is 18.3 Å². The zero-order chi connectivity index (χ0) is 25.4. The summed E-state index contributed by atoms with van der Waals surface area (Å²) < 4.78 is 34.9. The molecule has 0 saturated carbocycles. The van der Waals surface area contributed by atoms with Gasteiger partial charge in [0.15, 0.2) is 5.65 Å². The molecule has 0 unspecified atom stereocenters. The van der Waals surface area contributed by atoms with Crippen molar-refractivity contribution >= 4 is 28.8 Å². The molecular formula is C26H26F2N6O2. The van der Waals surface area contributed by atoms with E-state index in [4.69, 9.17) is 15.5 Å². The lowest BCUT2D eigenvalue weighted by atomic mass is 9.97. The van der Waals surface area contributed by atoms with Crippen molar-refractivity contribution in [3.63, 3.8) is 0 Å². The lowest BCUT2D eigenvalue weighted by molar-refractivity contribution is -0.148. The molecule has 1 fully saturated rings. The van der Waals surface area contributed by atoms with Gasteiger partial charge in [-0.1, -0.05) is 23.8 Å². The number of rotatable bonds is 5. The van der Waals surface area contributed by atoms with Crippen LogP contribution in [0.15, 0.2) is 42.5 Å². The molecular weight excluding hydrogens is 466 g/mol. The van der Waals surface area contributed by atoms with E-state index in [0.29, 0.717) is 49.6 Å². The monoisotopic (exact) mass is 492 g/mol. The second-order valence-corrected chi connectivity index (χ2v) is 8.85. The number of carbonyl (C=O) groups is 1. The number of carbonyl (C=O) groups excluding carboxylic acids is 1. The Morgan fingerprint density at radius 2 is 1.92 bits per heavy atom. The van der Waals surface area contributed by atoms with E-state index in [0.717, 1.165) is 34.0 Å². The minimum absolute atomic E-state index is 0.110. The summed E-state index contributed by atoms with van der Waals surface area (Å²) in [6.45, 7) is 5.25. The van der Waals surface area contributed by atoms with Crippen LogP contribution in [0.1, 0.15) is 25.3 Å². The highest BCUT2D eigenvalue weighted by molar-refractivity contribution is 5.99. The fourth-order valence-electron chi connectivity index (χ4n) is 4.55. The van der Waals surface area contributed by atoms with Crippen molar-refractivity contribution in [3.8, 4) is 16.9 Å². The zero-order valence-electron chi connectivity index (χ0n) is 20.0. The highest BCUT2D eigenvalue weighted by Gasteiger charge is 2.29. The number of halogens is 2. The Kier molecular flexibility index (Phi) is 6.26. The SMILES string of the molecule is CCOC(=O)C1CCN(c2nc(-c3cccc(C)c3)c3c(N)n(-c4cc(F)ccc4F)nc3n2)CC1. The van der Waals surface area contributed by atoms with Gasteiger partial charge in [-0.3, -0.25) is 4.79 Å². The quantitative estimate of drug-likeness (QED) is 0.412. The third-order valence-corrected chi connectivity index (χ3v) is 6.38. The van der Waals surface area contributed by atoms with Gasteiger partial charge in [-0.05, 0) is 44.9 Å². The molecule has 2 N–H and O–H groups in total. The van der Waals surface area contributed by atoms with Crippen molar-refractivity contribution in [1.29, 1.82) is 0 Å². The van der Waals surface area contributed by atoms with Crippen LogP contribution in [0.4, 0.5) is 20.5 Å². The van der Waals surface area contributed by atoms with Crippen molar-refractivity contribution in [3.05, 3.63) is 59.7 Å². The number of aryl methyl sites for hydroxylation is 1. The average Bonchev–Trinajstić information content (AvgIpc) is 3.21. The average molecular weight is 493 g/mol. The van der Waals surface area contributed by atoms with Gasteiger partial charge in [0, 0.05) is 24.7 Å². The van der Waals surface area contributed by atoms with E-state index in [1.807, 2.05) is 36.1 Å². The third kappa shape index (κ3) is 4.34. The minimum atomic E-state index is -0.665. The topological polar surface area (TPSA) is 99.2 Å². The van der Waals surface area contributed by atoms with Gasteiger partial charge in [0.1, 0.15) is 23.1 Å². The second-order valence-electron chi connectivity index (χ2n) is 8.85. The van der Waals surface area contributed by atoms with E-state index in [2.05, 4.69) is 10.1 Å². The molecule has 4 aromatic rings. The fourth-order valence-corrected chi connectivity index (χ4v) is 4.55. The van der Waals surface area contributed by atoms with Crippen molar-refractivity contribution in [1.82, 2.24) is 19.7 Å². The number of nitrogens with two attached hydrogens (primary N) is 1. The summed E-state index contributed by atoms with van der Waals surface area (Å²) in [7, 11) is 0. The maximum Gasteiger partial charge on any atom is 0.309 e. The predicted molar refractivity (Wildman–Crippen MR) is 133 cm³/mol. The van der Waals surface area contributed by atoms with E-state index in [9.17, 15) is 13.6 Å². The van der Waals surface area contributed by atoms with Crippen molar-refractivity contribution in [2.24, 2.45) is 5.92 Å². The Balaban J connectivity index is 1.62. The number of aromatic nitrogens is 4. The number of ether oxygens (including phenoxy) is 1. The van der Waals surface area contributed by atoms with Crippen LogP contribution in [0.2, 0.25) is 0 Å². The molecule has 1 aliphatic heterocycles. The number of hydrogen-bond acceptors (Lipinski definition) is 7. The van der Waals surface area contributed by atoms with Gasteiger partial charge in [0.05, 0.1) is 23.6 Å². The summed E-state index contributed by atoms with van der Waals surface area (Å²) in [5, 5.41) is 4.90. The van der Waals surface area contributed by atoms with Crippen LogP contribution in [0.5, 0.6) is 0 Å². The second kappa shape index (κ2) is 9.52. The van der Waals surface area contributed by atoms with Gasteiger partial charge in [0.25, 0.3) is 0 Å². The first-order valence-corrected chi connectivity index (χ1v) is 11.9. The molecule has 2 aromatic carbocycles. The first-order chi connectivity index (χ1) is 17.4. The van der Waals surface area contributed by atoms with Crippen molar-refractivity contribution in [2.75, 3.05) is 30.3 Å². The Hall–Kier alpha value is -4.08. The number of nitrogen functional groups attached to an aromatic ring is 1. The standard InChI is InChI=1S/C26H26F2N6O2/c1-3-36-25(35)16-9-11-33(12-10-16)26-30-22(17-6-4-5-15(2)13-17)21-23(29)34(32-24(21)31-26)20-14-18(27)7-8-19(20)28/h4-8,13-14,16H,3,9-12,29H2,1-2H3. The van der Waals surface area contributed by atoms with E-state index >= 15 is 0 Å². The molecule has 5 rings (SSSR count). The Morgan fingerprint density at radius 1 is 1.14 bits per heavy atom. The number of piperidine rings is 1. The van der Waals surface area contributed by atoms with E-state index in [-0.39, 0.29) is 29.0 Å². The van der Waals surface area contributed by atoms with Crippen LogP contribution >= 0.6 is 0 Å². The summed E-state index contributed by atoms with van der Waals surface area (Å²) in [6, 6.07) is 10.9. The lowest BCUT2D eigenvalue weighted by Gasteiger charge is -2.31. The summed E-state index contributed by atoms with van der Waals surface area (Å²) in [6.07, 6.45) is 1.23. The molecule has 1 aliphatic rings. The first-order valence-electron chi connectivity index (χ1n) is 11.9. The van der Waals surface area contributed by atoms with Crippen LogP contribution < -0.4 is 10.6 Å². The van der Waals surface area contributed by atoms with Crippen molar-refractivity contribution in [2.45, 2.75) is 26.7 Å². The van der Waals surface area contributed by atoms with E-state index in [1.165, 1.54) is 0 Å². The number of hydrogen-bond donors (Lipinski definition) is 1. The smallest absolute Gasteiger partial charge is 0.309 e. The molecule has 10 heteroatoms. The molecule has 0 bridgehead atoms. The van der Waals surface area contributed by atoms with Crippen LogP contribution in [0.3, 0.4) is 0 Å². The molecule has 36 heavy (non-hydrogen) atoms. The minimum Gasteiger partial charge on any atom is -0.466 e. The van der Waals surface area contributed by atoms with E-state index < -0.39 is 11.6 Å². The fraction of sp³-hybridized carbons (Fsp3) is 0.308. The maximum absolute atomic E-state index is 14.6. The van der Waals surface area contributed by atoms with Gasteiger partial charge in [-0.15, -0.1) is 5.10 Å². The number of benzene rings is 2. The highest BCUT2D eigenvalue weighted by atomic mass is 19.1. The van der Waals surface area contributed by atoms with Gasteiger partial charge >= 0.3 is 5.97 Å². The van der Waals surface area contributed by atoms with Crippen LogP contribution in [-0.4, -0.2) is 45.4 Å². The summed E-state index contributed by atoms with van der Waals surface area (Å²) in [4.78, 5) is 23.6. The predicted octanol–water partition coefficient (Wildman–Crippen LogP) is 4.43. The van der Waals surface area contributed by atoms with Crippen LogP contribution in [0.25, 0.3) is 28.0 Å². The van der Waals surface area contributed by atoms with Crippen LogP contribution in [0, 0.1) is 24.5 Å². The molecule has 2 aromatic heterocycles. The maximum atomic E-state index is 14.6. The summed E-state index contributed by atoms with van der Waals surface area (Å²) in [5.41, 5.74) is 8.97. The summed E-state index contributed by atoms with van der Waals surface area (Å²) in [5.74, 6) is -1.07. The molecule has 0 radical (unpaired) electrons. The van der Waals surface area contributed by atoms with Gasteiger partial charge in [0.2, 0.25) is 5.95 Å². The Labute approximate surface area is 206 Å². The molecule has 0 spiro atoms. The number of fused-ring (bicyclic) bond motifs is 1. The molecule has 0 amide bonds. The molecule has 0 aliphatic carbocycles. The largest absolute Gasteiger partial charge is 0.466 e. The molecule has 186 valence electrons. The number of nitrogens with zero attached hydrogens (tertiary/aromatic N) is 5. The van der Waals surface area contributed by atoms with Gasteiger partial charge in [-0.2, -0.15) is 4.98 Å². The molecule has 0 atom stereocenters. The molecule has 1 saturated heterocycles. The van der Waals surface area contributed by atoms with Crippen LogP contribution in [-0.2, 0) is 9.53 Å². The first kappa shape index (κ1) is 23.7.